The standard InChI is InChI=1S/C24H15IN2/c1-3-19-20(4-2)23(14-26)24(15-27)21-12-9-17(13-22(19)21)6-5-16-7-10-18(25)11-8-16/h3-13H,1-2H2. The van der Waals surface area contributed by atoms with Gasteiger partial charge in [0.05, 0.1) is 11.1 Å². The maximum absolute atomic E-state index is 9.60. The molecule has 128 valence electrons. The number of rotatable bonds is 4. The van der Waals surface area contributed by atoms with Crippen molar-refractivity contribution < 1.29 is 0 Å². The van der Waals surface area contributed by atoms with Crippen molar-refractivity contribution in [3.8, 4) is 12.1 Å². The van der Waals surface area contributed by atoms with Gasteiger partial charge in [0, 0.05) is 14.5 Å². The molecule has 0 aliphatic rings. The highest BCUT2D eigenvalue weighted by molar-refractivity contribution is 14.1. The Labute approximate surface area is 172 Å². The fourth-order valence-electron chi connectivity index (χ4n) is 3.09. The molecule has 0 aliphatic carbocycles. The lowest BCUT2D eigenvalue weighted by atomic mass is 9.89. The third-order valence-corrected chi connectivity index (χ3v) is 5.10. The van der Waals surface area contributed by atoms with E-state index in [2.05, 4.69) is 72.2 Å². The minimum absolute atomic E-state index is 0.345. The molecule has 0 aliphatic heterocycles. The monoisotopic (exact) mass is 458 g/mol. The smallest absolute Gasteiger partial charge is 0.101 e. The first-order chi connectivity index (χ1) is 13.1. The van der Waals surface area contributed by atoms with E-state index in [-0.39, 0.29) is 0 Å². The second-order valence-electron chi connectivity index (χ2n) is 5.90. The minimum Gasteiger partial charge on any atom is -0.192 e. The largest absolute Gasteiger partial charge is 0.192 e. The van der Waals surface area contributed by atoms with Crippen molar-refractivity contribution in [2.75, 3.05) is 0 Å². The summed E-state index contributed by atoms with van der Waals surface area (Å²) in [6, 6.07) is 18.4. The fourth-order valence-corrected chi connectivity index (χ4v) is 3.45. The minimum atomic E-state index is 0.345. The molecule has 0 atom stereocenters. The Morgan fingerprint density at radius 3 is 1.93 bits per heavy atom. The van der Waals surface area contributed by atoms with Gasteiger partial charge in [0.1, 0.15) is 12.1 Å². The van der Waals surface area contributed by atoms with Gasteiger partial charge in [-0.05, 0) is 62.9 Å². The highest BCUT2D eigenvalue weighted by atomic mass is 127. The summed E-state index contributed by atoms with van der Waals surface area (Å²) in [6.07, 6.45) is 7.42. The van der Waals surface area contributed by atoms with Crippen LogP contribution < -0.4 is 0 Å². The van der Waals surface area contributed by atoms with E-state index in [0.717, 1.165) is 27.5 Å². The molecule has 0 spiro atoms. The Hall–Kier alpha value is -3.15. The quantitative estimate of drug-likeness (QED) is 0.325. The Kier molecular flexibility index (Phi) is 5.54. The van der Waals surface area contributed by atoms with Crippen LogP contribution in [0.5, 0.6) is 0 Å². The van der Waals surface area contributed by atoms with E-state index >= 15 is 0 Å². The molecule has 0 bridgehead atoms. The predicted molar refractivity (Wildman–Crippen MR) is 122 cm³/mol. The summed E-state index contributed by atoms with van der Waals surface area (Å²) in [4.78, 5) is 0. The zero-order valence-electron chi connectivity index (χ0n) is 14.5. The zero-order chi connectivity index (χ0) is 19.4. The van der Waals surface area contributed by atoms with Crippen LogP contribution in [-0.4, -0.2) is 0 Å². The summed E-state index contributed by atoms with van der Waals surface area (Å²) >= 11 is 2.28. The van der Waals surface area contributed by atoms with E-state index in [1.165, 1.54) is 3.57 Å². The van der Waals surface area contributed by atoms with Crippen LogP contribution in [-0.2, 0) is 0 Å². The van der Waals surface area contributed by atoms with E-state index in [4.69, 9.17) is 0 Å². The van der Waals surface area contributed by atoms with Gasteiger partial charge in [0.2, 0.25) is 0 Å². The highest BCUT2D eigenvalue weighted by Gasteiger charge is 2.16. The molecule has 0 saturated heterocycles. The summed E-state index contributed by atoms with van der Waals surface area (Å²) in [5.41, 5.74) is 4.31. The van der Waals surface area contributed by atoms with Crippen LogP contribution in [0.2, 0.25) is 0 Å². The lowest BCUT2D eigenvalue weighted by Crippen LogP contribution is -1.96. The van der Waals surface area contributed by atoms with Gasteiger partial charge in [-0.25, -0.2) is 0 Å². The van der Waals surface area contributed by atoms with Crippen molar-refractivity contribution >= 4 is 57.7 Å². The topological polar surface area (TPSA) is 47.6 Å². The number of benzene rings is 3. The Bertz CT molecular complexity index is 1170. The van der Waals surface area contributed by atoms with Crippen LogP contribution in [0.25, 0.3) is 35.1 Å². The second kappa shape index (κ2) is 8.03. The van der Waals surface area contributed by atoms with Crippen LogP contribution in [0.15, 0.2) is 55.6 Å². The SMILES string of the molecule is C=Cc1c(C#N)c(C#N)c2ccc(C=Cc3ccc(I)cc3)cc2c1C=C. The third kappa shape index (κ3) is 3.56. The molecule has 0 saturated carbocycles. The molecule has 27 heavy (non-hydrogen) atoms. The Morgan fingerprint density at radius 2 is 1.33 bits per heavy atom. The number of nitrogens with zero attached hydrogens (tertiary/aromatic N) is 2. The van der Waals surface area contributed by atoms with E-state index < -0.39 is 0 Å². The molecule has 3 aromatic rings. The lowest BCUT2D eigenvalue weighted by Gasteiger charge is -2.12. The number of fused-ring (bicyclic) bond motifs is 1. The van der Waals surface area contributed by atoms with Gasteiger partial charge in [-0.1, -0.05) is 61.7 Å². The van der Waals surface area contributed by atoms with Gasteiger partial charge in [-0.2, -0.15) is 10.5 Å². The molecule has 0 radical (unpaired) electrons. The number of hydrogen-bond donors (Lipinski definition) is 0. The molecule has 3 heteroatoms. The molecular weight excluding hydrogens is 443 g/mol. The first-order valence-corrected chi connectivity index (χ1v) is 9.33. The molecule has 0 fully saturated rings. The molecule has 2 nitrogen and oxygen atoms in total. The van der Waals surface area contributed by atoms with Gasteiger partial charge in [0.15, 0.2) is 0 Å². The molecule has 0 aromatic heterocycles. The summed E-state index contributed by atoms with van der Waals surface area (Å²) in [7, 11) is 0. The van der Waals surface area contributed by atoms with Gasteiger partial charge in [0.25, 0.3) is 0 Å². The maximum Gasteiger partial charge on any atom is 0.101 e. The van der Waals surface area contributed by atoms with Gasteiger partial charge in [-0.3, -0.25) is 0 Å². The number of hydrogen-bond acceptors (Lipinski definition) is 2. The highest BCUT2D eigenvalue weighted by Crippen LogP contribution is 2.32. The van der Waals surface area contributed by atoms with Crippen molar-refractivity contribution in [1.82, 2.24) is 0 Å². The first-order valence-electron chi connectivity index (χ1n) is 8.25. The average Bonchev–Trinajstić information content (AvgIpc) is 2.71. The van der Waals surface area contributed by atoms with Crippen molar-refractivity contribution in [1.29, 1.82) is 10.5 Å². The molecule has 3 rings (SSSR count). The van der Waals surface area contributed by atoms with E-state index in [1.54, 1.807) is 12.2 Å². The Morgan fingerprint density at radius 1 is 0.741 bits per heavy atom. The van der Waals surface area contributed by atoms with Crippen LogP contribution in [0.3, 0.4) is 0 Å². The van der Waals surface area contributed by atoms with Crippen molar-refractivity contribution in [3.05, 3.63) is 92.6 Å². The molecule has 0 N–H and O–H groups in total. The summed E-state index contributed by atoms with van der Waals surface area (Å²) in [5.74, 6) is 0. The van der Waals surface area contributed by atoms with Crippen LogP contribution in [0.1, 0.15) is 33.4 Å². The van der Waals surface area contributed by atoms with Gasteiger partial charge in [-0.15, -0.1) is 0 Å². The van der Waals surface area contributed by atoms with Crippen molar-refractivity contribution in [2.45, 2.75) is 0 Å². The fraction of sp³-hybridized carbons (Fsp3) is 0. The average molecular weight is 458 g/mol. The predicted octanol–water partition coefficient (Wildman–Crippen LogP) is 6.64. The number of nitriles is 2. The van der Waals surface area contributed by atoms with Gasteiger partial charge < -0.3 is 0 Å². The molecule has 3 aromatic carbocycles. The van der Waals surface area contributed by atoms with Crippen LogP contribution >= 0.6 is 22.6 Å². The van der Waals surface area contributed by atoms with Crippen molar-refractivity contribution in [3.63, 3.8) is 0 Å². The molecule has 0 amide bonds. The summed E-state index contributed by atoms with van der Waals surface area (Å²) < 4.78 is 1.19. The van der Waals surface area contributed by atoms with Crippen LogP contribution in [0, 0.1) is 26.2 Å². The van der Waals surface area contributed by atoms with E-state index in [0.29, 0.717) is 16.7 Å². The first kappa shape index (κ1) is 18.6. The summed E-state index contributed by atoms with van der Waals surface area (Å²) in [6.45, 7) is 7.71. The summed E-state index contributed by atoms with van der Waals surface area (Å²) in [5, 5.41) is 20.8. The van der Waals surface area contributed by atoms with Crippen molar-refractivity contribution in [2.24, 2.45) is 0 Å². The third-order valence-electron chi connectivity index (χ3n) is 4.38. The molecular formula is C24H15IN2. The molecule has 0 unspecified atom stereocenters. The number of halogens is 1. The second-order valence-corrected chi connectivity index (χ2v) is 7.14. The van der Waals surface area contributed by atoms with E-state index in [9.17, 15) is 10.5 Å². The Balaban J connectivity index is 2.21. The van der Waals surface area contributed by atoms with E-state index in [1.807, 2.05) is 30.4 Å². The van der Waals surface area contributed by atoms with Crippen LogP contribution in [0.4, 0.5) is 0 Å². The van der Waals surface area contributed by atoms with Gasteiger partial charge >= 0.3 is 0 Å². The maximum atomic E-state index is 9.60. The lowest BCUT2D eigenvalue weighted by molar-refractivity contribution is 1.44. The normalized spacial score (nSPS) is 10.5. The molecule has 0 heterocycles. The zero-order valence-corrected chi connectivity index (χ0v) is 16.7.